The molecule has 0 aromatic heterocycles. The molecule has 0 aliphatic carbocycles. The lowest BCUT2D eigenvalue weighted by Gasteiger charge is -2.18. The highest BCUT2D eigenvalue weighted by Crippen LogP contribution is 2.35. The van der Waals surface area contributed by atoms with Crippen molar-refractivity contribution in [3.63, 3.8) is 0 Å². The van der Waals surface area contributed by atoms with Gasteiger partial charge in [-0.3, -0.25) is 0 Å². The highest BCUT2D eigenvalue weighted by molar-refractivity contribution is 8.00. The second-order valence-electron chi connectivity index (χ2n) is 4.08. The molecule has 0 unspecified atom stereocenters. The van der Waals surface area contributed by atoms with E-state index in [1.165, 1.54) is 0 Å². The van der Waals surface area contributed by atoms with Gasteiger partial charge in [0.05, 0.1) is 11.6 Å². The fraction of sp³-hybridized carbons (Fsp3) is 0.364. The quantitative estimate of drug-likeness (QED) is 0.567. The molecule has 0 saturated heterocycles. The molecule has 74 valence electrons. The summed E-state index contributed by atoms with van der Waals surface area (Å²) in [6.07, 6.45) is 0. The second-order valence-corrected chi connectivity index (χ2v) is 5.95. The summed E-state index contributed by atoms with van der Waals surface area (Å²) in [6.45, 7) is 6.36. The lowest BCUT2D eigenvalue weighted by atomic mass is 10.2. The molecule has 3 heteroatoms. The molecule has 0 saturated carbocycles. The van der Waals surface area contributed by atoms with Crippen molar-refractivity contribution in [2.45, 2.75) is 30.4 Å². The maximum atomic E-state index is 8.75. The van der Waals surface area contributed by atoms with Crippen molar-refractivity contribution in [1.29, 1.82) is 5.26 Å². The third-order valence-electron chi connectivity index (χ3n) is 1.56. The number of thioether (sulfide) groups is 1. The smallest absolute Gasteiger partial charge is 0.0992 e. The van der Waals surface area contributed by atoms with Crippen LogP contribution in [-0.4, -0.2) is 4.75 Å². The van der Waals surface area contributed by atoms with E-state index in [9.17, 15) is 0 Å². The number of hydrogen-bond acceptors (Lipinski definition) is 3. The van der Waals surface area contributed by atoms with Gasteiger partial charge in [-0.2, -0.15) is 5.26 Å². The molecule has 0 aliphatic heterocycles. The van der Waals surface area contributed by atoms with Crippen LogP contribution < -0.4 is 5.73 Å². The first-order valence-corrected chi connectivity index (χ1v) is 5.23. The molecular formula is C11H14N2S. The molecule has 14 heavy (non-hydrogen) atoms. The minimum Gasteiger partial charge on any atom is -0.398 e. The molecule has 0 bridgehead atoms. The summed E-state index contributed by atoms with van der Waals surface area (Å²) < 4.78 is 0.113. The van der Waals surface area contributed by atoms with Gasteiger partial charge < -0.3 is 5.73 Å². The zero-order valence-corrected chi connectivity index (χ0v) is 9.48. The molecule has 1 aromatic carbocycles. The van der Waals surface area contributed by atoms with E-state index in [2.05, 4.69) is 26.8 Å². The largest absolute Gasteiger partial charge is 0.398 e. The van der Waals surface area contributed by atoms with Crippen molar-refractivity contribution in [1.82, 2.24) is 0 Å². The minimum atomic E-state index is 0.113. The van der Waals surface area contributed by atoms with E-state index in [0.29, 0.717) is 5.56 Å². The van der Waals surface area contributed by atoms with Gasteiger partial charge in [0.25, 0.3) is 0 Å². The van der Waals surface area contributed by atoms with Crippen molar-refractivity contribution < 1.29 is 0 Å². The Kier molecular flexibility index (Phi) is 3.07. The van der Waals surface area contributed by atoms with Crippen molar-refractivity contribution in [3.05, 3.63) is 23.8 Å². The van der Waals surface area contributed by atoms with Crippen molar-refractivity contribution in [2.75, 3.05) is 5.73 Å². The van der Waals surface area contributed by atoms with Gasteiger partial charge in [0.2, 0.25) is 0 Å². The highest BCUT2D eigenvalue weighted by Gasteiger charge is 2.14. The summed E-state index contributed by atoms with van der Waals surface area (Å²) in [4.78, 5) is 0.983. The lowest BCUT2D eigenvalue weighted by Crippen LogP contribution is -2.07. The van der Waals surface area contributed by atoms with Crippen molar-refractivity contribution in [3.8, 4) is 6.07 Å². The predicted octanol–water partition coefficient (Wildman–Crippen LogP) is 3.03. The summed E-state index contributed by atoms with van der Waals surface area (Å²) in [6, 6.07) is 7.47. The van der Waals surface area contributed by atoms with Crippen LogP contribution in [-0.2, 0) is 0 Å². The van der Waals surface area contributed by atoms with Gasteiger partial charge in [-0.25, -0.2) is 0 Å². The van der Waals surface area contributed by atoms with E-state index >= 15 is 0 Å². The van der Waals surface area contributed by atoms with E-state index in [-0.39, 0.29) is 4.75 Å². The average molecular weight is 206 g/mol. The molecular weight excluding hydrogens is 192 g/mol. The van der Waals surface area contributed by atoms with Gasteiger partial charge in [-0.1, -0.05) is 20.8 Å². The first kappa shape index (κ1) is 10.9. The minimum absolute atomic E-state index is 0.113. The summed E-state index contributed by atoms with van der Waals surface area (Å²) in [7, 11) is 0. The Bertz CT molecular complexity index is 372. The highest BCUT2D eigenvalue weighted by atomic mass is 32.2. The zero-order valence-electron chi connectivity index (χ0n) is 8.66. The van der Waals surface area contributed by atoms with E-state index in [0.717, 1.165) is 10.6 Å². The molecule has 0 fully saturated rings. The van der Waals surface area contributed by atoms with Gasteiger partial charge in [-0.05, 0) is 18.2 Å². The fourth-order valence-corrected chi connectivity index (χ4v) is 2.05. The Balaban J connectivity index is 3.03. The van der Waals surface area contributed by atoms with Crippen LogP contribution in [0.5, 0.6) is 0 Å². The lowest BCUT2D eigenvalue weighted by molar-refractivity contribution is 0.803. The first-order valence-electron chi connectivity index (χ1n) is 4.41. The SMILES string of the molecule is CC(C)(C)Sc1cc(C#N)ccc1N. The molecule has 0 aliphatic rings. The van der Waals surface area contributed by atoms with Crippen molar-refractivity contribution in [2.24, 2.45) is 0 Å². The standard InChI is InChI=1S/C11H14N2S/c1-11(2,3)14-10-6-8(7-12)4-5-9(10)13/h4-6H,13H2,1-3H3. The normalized spacial score (nSPS) is 11.0. The molecule has 0 heterocycles. The molecule has 0 amide bonds. The topological polar surface area (TPSA) is 49.8 Å². The maximum absolute atomic E-state index is 8.75. The van der Waals surface area contributed by atoms with Crippen LogP contribution in [0.15, 0.2) is 23.1 Å². The third-order valence-corrected chi connectivity index (χ3v) is 2.74. The van der Waals surface area contributed by atoms with E-state index < -0.39 is 0 Å². The second kappa shape index (κ2) is 3.93. The Morgan fingerprint density at radius 3 is 2.50 bits per heavy atom. The van der Waals surface area contributed by atoms with E-state index in [1.54, 1.807) is 23.9 Å². The number of nitrogens with two attached hydrogens (primary N) is 1. The van der Waals surface area contributed by atoms with Crippen LogP contribution in [0.25, 0.3) is 0 Å². The fourth-order valence-electron chi connectivity index (χ4n) is 1.02. The van der Waals surface area contributed by atoms with E-state index in [4.69, 9.17) is 11.0 Å². The molecule has 0 spiro atoms. The van der Waals surface area contributed by atoms with Crippen LogP contribution >= 0.6 is 11.8 Å². The van der Waals surface area contributed by atoms with Crippen LogP contribution in [0.2, 0.25) is 0 Å². The van der Waals surface area contributed by atoms with Gasteiger partial charge in [0.15, 0.2) is 0 Å². The van der Waals surface area contributed by atoms with Gasteiger partial charge in [0, 0.05) is 15.3 Å². The number of anilines is 1. The first-order chi connectivity index (χ1) is 6.42. The summed E-state index contributed by atoms with van der Waals surface area (Å²) in [5.41, 5.74) is 7.22. The number of rotatable bonds is 1. The Labute approximate surface area is 89.1 Å². The Morgan fingerprint density at radius 1 is 1.36 bits per heavy atom. The molecule has 1 rings (SSSR count). The Hall–Kier alpha value is -1.14. The van der Waals surface area contributed by atoms with Crippen LogP contribution in [0.4, 0.5) is 5.69 Å². The summed E-state index contributed by atoms with van der Waals surface area (Å²) >= 11 is 1.68. The average Bonchev–Trinajstić information content (AvgIpc) is 2.06. The van der Waals surface area contributed by atoms with Crippen LogP contribution in [0.1, 0.15) is 26.3 Å². The molecule has 0 radical (unpaired) electrons. The number of nitrogen functional groups attached to an aromatic ring is 1. The molecule has 2 nitrogen and oxygen atoms in total. The van der Waals surface area contributed by atoms with Crippen molar-refractivity contribution >= 4 is 17.4 Å². The maximum Gasteiger partial charge on any atom is 0.0992 e. The summed E-state index contributed by atoms with van der Waals surface area (Å²) in [5, 5.41) is 8.75. The Morgan fingerprint density at radius 2 is 2.00 bits per heavy atom. The van der Waals surface area contributed by atoms with Gasteiger partial charge in [-0.15, -0.1) is 11.8 Å². The van der Waals surface area contributed by atoms with Gasteiger partial charge in [0.1, 0.15) is 0 Å². The predicted molar refractivity (Wildman–Crippen MR) is 61.2 cm³/mol. The van der Waals surface area contributed by atoms with Gasteiger partial charge >= 0.3 is 0 Å². The third kappa shape index (κ3) is 2.97. The number of hydrogen-bond donors (Lipinski definition) is 1. The van der Waals surface area contributed by atoms with Crippen LogP contribution in [0.3, 0.4) is 0 Å². The number of benzene rings is 1. The monoisotopic (exact) mass is 206 g/mol. The molecule has 2 N–H and O–H groups in total. The number of nitriles is 1. The number of nitrogens with zero attached hydrogens (tertiary/aromatic N) is 1. The molecule has 1 aromatic rings. The summed E-state index contributed by atoms with van der Waals surface area (Å²) in [5.74, 6) is 0. The zero-order chi connectivity index (χ0) is 10.8. The van der Waals surface area contributed by atoms with E-state index in [1.807, 2.05) is 6.07 Å². The molecule has 0 atom stereocenters. The van der Waals surface area contributed by atoms with Crippen LogP contribution in [0, 0.1) is 11.3 Å².